The fourth-order valence-electron chi connectivity index (χ4n) is 3.13. The quantitative estimate of drug-likeness (QED) is 0.792. The van der Waals surface area contributed by atoms with Crippen molar-refractivity contribution in [1.29, 1.82) is 0 Å². The first-order valence-corrected chi connectivity index (χ1v) is 7.35. The molecule has 5 heteroatoms. The lowest BCUT2D eigenvalue weighted by Crippen LogP contribution is -2.35. The van der Waals surface area contributed by atoms with Crippen LogP contribution in [0.25, 0.3) is 0 Å². The molecule has 1 heterocycles. The Kier molecular flexibility index (Phi) is 5.08. The maximum absolute atomic E-state index is 9.32. The molecule has 1 saturated heterocycles. The van der Waals surface area contributed by atoms with Crippen molar-refractivity contribution in [3.8, 4) is 5.75 Å². The average Bonchev–Trinajstić information content (AvgIpc) is 2.79. The van der Waals surface area contributed by atoms with Crippen LogP contribution in [0.5, 0.6) is 5.75 Å². The highest BCUT2D eigenvalue weighted by Gasteiger charge is 2.30. The molecule has 2 atom stereocenters. The third kappa shape index (κ3) is 3.16. The Bertz CT molecular complexity index is 453. The molecule has 0 aromatic heterocycles. The van der Waals surface area contributed by atoms with E-state index in [-0.39, 0.29) is 0 Å². The summed E-state index contributed by atoms with van der Waals surface area (Å²) in [6.07, 6.45) is 3.61. The van der Waals surface area contributed by atoms with E-state index in [1.165, 1.54) is 12.8 Å². The normalized spacial score (nSPS) is 23.1. The molecule has 1 aliphatic rings. The van der Waals surface area contributed by atoms with Gasteiger partial charge in [0, 0.05) is 24.2 Å². The van der Waals surface area contributed by atoms with Gasteiger partial charge in [0.25, 0.3) is 0 Å². The molecule has 1 fully saturated rings. The Morgan fingerprint density at radius 2 is 2.10 bits per heavy atom. The summed E-state index contributed by atoms with van der Waals surface area (Å²) in [7, 11) is 0.219. The molecule has 1 aromatic carbocycles. The lowest BCUT2D eigenvalue weighted by Gasteiger charge is -2.28. The van der Waals surface area contributed by atoms with Crippen LogP contribution in [-0.2, 0) is 6.54 Å². The molecule has 4 nitrogen and oxygen atoms in total. The Hall–Kier alpha value is -1.04. The first kappa shape index (κ1) is 15.4. The van der Waals surface area contributed by atoms with Crippen LogP contribution in [0, 0.1) is 0 Å². The molecule has 0 amide bonds. The molecule has 0 bridgehead atoms. The van der Waals surface area contributed by atoms with Crippen molar-refractivity contribution in [1.82, 2.24) is 4.90 Å². The summed E-state index contributed by atoms with van der Waals surface area (Å²) >= 11 is 0. The van der Waals surface area contributed by atoms with Crippen molar-refractivity contribution in [3.63, 3.8) is 0 Å². The molecular weight excluding hydrogens is 253 g/mol. The van der Waals surface area contributed by atoms with Crippen molar-refractivity contribution in [2.45, 2.75) is 51.7 Å². The van der Waals surface area contributed by atoms with Crippen molar-refractivity contribution in [3.05, 3.63) is 23.8 Å². The second-order valence-electron chi connectivity index (χ2n) is 5.61. The highest BCUT2D eigenvalue weighted by molar-refractivity contribution is 6.58. The highest BCUT2D eigenvalue weighted by Crippen LogP contribution is 2.29. The SMILES string of the molecule is CCC1CCC(C)N1Cc1cc(B(O)O)ccc1OC. The minimum absolute atomic E-state index is 0.515. The molecule has 2 unspecified atom stereocenters. The van der Waals surface area contributed by atoms with Gasteiger partial charge in [-0.15, -0.1) is 0 Å². The number of rotatable bonds is 5. The minimum atomic E-state index is -1.43. The van der Waals surface area contributed by atoms with Gasteiger partial charge in [-0.2, -0.15) is 0 Å². The first-order chi connectivity index (χ1) is 9.56. The smallest absolute Gasteiger partial charge is 0.488 e. The molecule has 0 radical (unpaired) electrons. The van der Waals surface area contributed by atoms with Gasteiger partial charge in [0.2, 0.25) is 0 Å². The Balaban J connectivity index is 2.24. The van der Waals surface area contributed by atoms with Crippen LogP contribution in [0.2, 0.25) is 0 Å². The minimum Gasteiger partial charge on any atom is -0.496 e. The number of methoxy groups -OCH3 is 1. The van der Waals surface area contributed by atoms with Crippen LogP contribution in [0.1, 0.15) is 38.7 Å². The zero-order chi connectivity index (χ0) is 14.7. The molecule has 1 aromatic rings. The van der Waals surface area contributed by atoms with Crippen LogP contribution in [0.3, 0.4) is 0 Å². The van der Waals surface area contributed by atoms with Gasteiger partial charge in [0.05, 0.1) is 7.11 Å². The van der Waals surface area contributed by atoms with Gasteiger partial charge in [-0.05, 0) is 37.7 Å². The molecule has 20 heavy (non-hydrogen) atoms. The summed E-state index contributed by atoms with van der Waals surface area (Å²) in [5.74, 6) is 0.809. The predicted octanol–water partition coefficient (Wildman–Crippen LogP) is 1.14. The fraction of sp³-hybridized carbons (Fsp3) is 0.600. The van der Waals surface area contributed by atoms with E-state index in [1.807, 2.05) is 12.1 Å². The maximum Gasteiger partial charge on any atom is 0.488 e. The lowest BCUT2D eigenvalue weighted by atomic mass is 9.79. The summed E-state index contributed by atoms with van der Waals surface area (Å²) in [6.45, 7) is 5.27. The molecular formula is C15H24BNO3. The van der Waals surface area contributed by atoms with Crippen LogP contribution in [-0.4, -0.2) is 41.3 Å². The molecule has 0 aliphatic carbocycles. The van der Waals surface area contributed by atoms with E-state index in [0.717, 1.165) is 24.3 Å². The van der Waals surface area contributed by atoms with Crippen LogP contribution < -0.4 is 10.2 Å². The highest BCUT2D eigenvalue weighted by atomic mass is 16.5. The van der Waals surface area contributed by atoms with Crippen LogP contribution in [0.4, 0.5) is 0 Å². The standard InChI is InChI=1S/C15H24BNO3/c1-4-14-7-5-11(2)17(14)10-12-9-13(16(18)19)6-8-15(12)20-3/h6,8-9,11,14,18-19H,4-5,7,10H2,1-3H3. The zero-order valence-corrected chi connectivity index (χ0v) is 12.5. The van der Waals surface area contributed by atoms with E-state index >= 15 is 0 Å². The van der Waals surface area contributed by atoms with Crippen molar-refractivity contribution < 1.29 is 14.8 Å². The van der Waals surface area contributed by atoms with E-state index in [2.05, 4.69) is 18.7 Å². The monoisotopic (exact) mass is 277 g/mol. The average molecular weight is 277 g/mol. The lowest BCUT2D eigenvalue weighted by molar-refractivity contribution is 0.187. The molecule has 0 saturated carbocycles. The number of benzene rings is 1. The number of ether oxygens (including phenoxy) is 1. The number of hydrogen-bond donors (Lipinski definition) is 2. The second kappa shape index (κ2) is 6.61. The summed E-state index contributed by atoms with van der Waals surface area (Å²) in [5.41, 5.74) is 1.53. The first-order valence-electron chi connectivity index (χ1n) is 7.35. The Morgan fingerprint density at radius 3 is 2.70 bits per heavy atom. The Morgan fingerprint density at radius 1 is 1.35 bits per heavy atom. The third-order valence-corrected chi connectivity index (χ3v) is 4.38. The van der Waals surface area contributed by atoms with Gasteiger partial charge in [-0.25, -0.2) is 0 Å². The van der Waals surface area contributed by atoms with Gasteiger partial charge in [0.15, 0.2) is 0 Å². The van der Waals surface area contributed by atoms with Crippen molar-refractivity contribution >= 4 is 12.6 Å². The molecule has 110 valence electrons. The molecule has 1 aliphatic heterocycles. The predicted molar refractivity (Wildman–Crippen MR) is 81.1 cm³/mol. The summed E-state index contributed by atoms with van der Waals surface area (Å²) in [4.78, 5) is 2.49. The van der Waals surface area contributed by atoms with Gasteiger partial charge < -0.3 is 14.8 Å². The van der Waals surface area contributed by atoms with E-state index < -0.39 is 7.12 Å². The van der Waals surface area contributed by atoms with Crippen molar-refractivity contribution in [2.75, 3.05) is 7.11 Å². The Labute approximate surface area is 121 Å². The maximum atomic E-state index is 9.32. The second-order valence-corrected chi connectivity index (χ2v) is 5.61. The van der Waals surface area contributed by atoms with E-state index in [4.69, 9.17) is 4.74 Å². The van der Waals surface area contributed by atoms with E-state index in [0.29, 0.717) is 17.5 Å². The molecule has 0 spiro atoms. The number of likely N-dealkylation sites (tertiary alicyclic amines) is 1. The van der Waals surface area contributed by atoms with Crippen molar-refractivity contribution in [2.24, 2.45) is 0 Å². The summed E-state index contributed by atoms with van der Waals surface area (Å²) in [6, 6.07) is 6.51. The zero-order valence-electron chi connectivity index (χ0n) is 12.5. The third-order valence-electron chi connectivity index (χ3n) is 4.38. The number of nitrogens with zero attached hydrogens (tertiary/aromatic N) is 1. The fourth-order valence-corrected chi connectivity index (χ4v) is 3.13. The van der Waals surface area contributed by atoms with Gasteiger partial charge in [-0.1, -0.05) is 19.1 Å². The van der Waals surface area contributed by atoms with Gasteiger partial charge in [0.1, 0.15) is 5.75 Å². The summed E-state index contributed by atoms with van der Waals surface area (Å²) in [5, 5.41) is 18.6. The van der Waals surface area contributed by atoms with Gasteiger partial charge >= 0.3 is 7.12 Å². The molecule has 2 rings (SSSR count). The topological polar surface area (TPSA) is 52.9 Å². The van der Waals surface area contributed by atoms with Crippen LogP contribution in [0.15, 0.2) is 18.2 Å². The number of hydrogen-bond acceptors (Lipinski definition) is 4. The van der Waals surface area contributed by atoms with Crippen LogP contribution >= 0.6 is 0 Å². The molecule has 2 N–H and O–H groups in total. The van der Waals surface area contributed by atoms with Gasteiger partial charge in [-0.3, -0.25) is 4.90 Å². The van der Waals surface area contributed by atoms with E-state index in [1.54, 1.807) is 13.2 Å². The largest absolute Gasteiger partial charge is 0.496 e. The summed E-state index contributed by atoms with van der Waals surface area (Å²) < 4.78 is 5.40. The van der Waals surface area contributed by atoms with E-state index in [9.17, 15) is 10.0 Å².